The predicted octanol–water partition coefficient (Wildman–Crippen LogP) is 1.06. The minimum atomic E-state index is -0.780. The van der Waals surface area contributed by atoms with Gasteiger partial charge in [-0.05, 0) is 17.7 Å². The van der Waals surface area contributed by atoms with Crippen LogP contribution in [0.2, 0.25) is 0 Å². The third-order valence-corrected chi connectivity index (χ3v) is 2.12. The number of carbonyl (C=O) groups is 1. The van der Waals surface area contributed by atoms with Crippen LogP contribution in [0.1, 0.15) is 5.56 Å². The van der Waals surface area contributed by atoms with E-state index in [1.165, 1.54) is 0 Å². The molecule has 0 radical (unpaired) electrons. The smallest absolute Gasteiger partial charge is 0.404 e. The molecule has 0 aromatic heterocycles. The summed E-state index contributed by atoms with van der Waals surface area (Å²) in [5.74, 6) is 0.737. The lowest BCUT2D eigenvalue weighted by Gasteiger charge is -2.06. The van der Waals surface area contributed by atoms with Crippen molar-refractivity contribution in [2.75, 3.05) is 13.2 Å². The SMILES string of the molecule is NC(=O)OCc1cccc(OCC2CO2)c1. The quantitative estimate of drug-likeness (QED) is 0.757. The molecule has 1 unspecified atom stereocenters. The second kappa shape index (κ2) is 4.85. The number of hydrogen-bond acceptors (Lipinski definition) is 4. The van der Waals surface area contributed by atoms with E-state index in [0.717, 1.165) is 17.9 Å². The highest BCUT2D eigenvalue weighted by Crippen LogP contribution is 2.17. The molecule has 1 fully saturated rings. The van der Waals surface area contributed by atoms with Gasteiger partial charge >= 0.3 is 6.09 Å². The first kappa shape index (κ1) is 10.8. The monoisotopic (exact) mass is 223 g/mol. The number of epoxide rings is 1. The number of rotatable bonds is 5. The van der Waals surface area contributed by atoms with E-state index in [1.54, 1.807) is 0 Å². The summed E-state index contributed by atoms with van der Waals surface area (Å²) in [7, 11) is 0. The first-order chi connectivity index (χ1) is 7.74. The average Bonchev–Trinajstić information content (AvgIpc) is 3.08. The van der Waals surface area contributed by atoms with Crippen LogP contribution in [-0.2, 0) is 16.1 Å². The van der Waals surface area contributed by atoms with E-state index < -0.39 is 6.09 Å². The highest BCUT2D eigenvalue weighted by Gasteiger charge is 2.22. The van der Waals surface area contributed by atoms with Crippen LogP contribution in [0.15, 0.2) is 24.3 Å². The van der Waals surface area contributed by atoms with Gasteiger partial charge in [0.1, 0.15) is 25.1 Å². The highest BCUT2D eigenvalue weighted by molar-refractivity contribution is 5.64. The van der Waals surface area contributed by atoms with Crippen LogP contribution in [0.4, 0.5) is 4.79 Å². The fraction of sp³-hybridized carbons (Fsp3) is 0.364. The van der Waals surface area contributed by atoms with Crippen molar-refractivity contribution in [3.8, 4) is 5.75 Å². The van der Waals surface area contributed by atoms with Crippen molar-refractivity contribution in [2.24, 2.45) is 5.73 Å². The summed E-state index contributed by atoms with van der Waals surface area (Å²) in [5, 5.41) is 0. The number of nitrogens with two attached hydrogens (primary N) is 1. The van der Waals surface area contributed by atoms with Crippen LogP contribution in [0.25, 0.3) is 0 Å². The Labute approximate surface area is 93.1 Å². The molecule has 0 bridgehead atoms. The summed E-state index contributed by atoms with van der Waals surface area (Å²) in [6.45, 7) is 1.48. The molecule has 16 heavy (non-hydrogen) atoms. The van der Waals surface area contributed by atoms with Crippen molar-refractivity contribution in [2.45, 2.75) is 12.7 Å². The average molecular weight is 223 g/mol. The van der Waals surface area contributed by atoms with Crippen LogP contribution >= 0.6 is 0 Å². The lowest BCUT2D eigenvalue weighted by Crippen LogP contribution is -2.12. The van der Waals surface area contributed by atoms with E-state index in [4.69, 9.17) is 15.2 Å². The molecule has 0 saturated carbocycles. The Morgan fingerprint density at radius 3 is 3.06 bits per heavy atom. The number of carbonyl (C=O) groups excluding carboxylic acids is 1. The Kier molecular flexibility index (Phi) is 3.26. The molecule has 1 aromatic rings. The van der Waals surface area contributed by atoms with Crippen molar-refractivity contribution in [1.82, 2.24) is 0 Å². The minimum absolute atomic E-state index is 0.159. The van der Waals surface area contributed by atoms with Crippen molar-refractivity contribution in [3.63, 3.8) is 0 Å². The van der Waals surface area contributed by atoms with E-state index in [1.807, 2.05) is 24.3 Å². The minimum Gasteiger partial charge on any atom is -0.491 e. The topological polar surface area (TPSA) is 74.1 Å². The van der Waals surface area contributed by atoms with Crippen LogP contribution in [0, 0.1) is 0 Å². The zero-order chi connectivity index (χ0) is 11.4. The Bertz CT molecular complexity index is 376. The van der Waals surface area contributed by atoms with Crippen molar-refractivity contribution in [1.29, 1.82) is 0 Å². The normalized spacial score (nSPS) is 17.9. The maximum Gasteiger partial charge on any atom is 0.404 e. The molecule has 5 heteroatoms. The molecule has 5 nitrogen and oxygen atoms in total. The van der Waals surface area contributed by atoms with Crippen LogP contribution in [-0.4, -0.2) is 25.4 Å². The van der Waals surface area contributed by atoms with Crippen LogP contribution in [0.5, 0.6) is 5.75 Å². The van der Waals surface area contributed by atoms with Crippen LogP contribution in [0.3, 0.4) is 0 Å². The molecule has 1 amide bonds. The molecular weight excluding hydrogens is 210 g/mol. The van der Waals surface area contributed by atoms with E-state index in [2.05, 4.69) is 4.74 Å². The first-order valence-corrected chi connectivity index (χ1v) is 4.99. The molecule has 0 aliphatic carbocycles. The second-order valence-electron chi connectivity index (χ2n) is 3.52. The molecule has 1 aliphatic rings. The maximum atomic E-state index is 10.4. The predicted molar refractivity (Wildman–Crippen MR) is 56.0 cm³/mol. The molecule has 1 aliphatic heterocycles. The largest absolute Gasteiger partial charge is 0.491 e. The molecule has 86 valence electrons. The number of benzene rings is 1. The van der Waals surface area contributed by atoms with Crippen molar-refractivity contribution >= 4 is 6.09 Å². The molecular formula is C11H13NO4. The van der Waals surface area contributed by atoms with E-state index in [-0.39, 0.29) is 12.7 Å². The van der Waals surface area contributed by atoms with Gasteiger partial charge in [-0.15, -0.1) is 0 Å². The van der Waals surface area contributed by atoms with Gasteiger partial charge in [-0.2, -0.15) is 0 Å². The maximum absolute atomic E-state index is 10.4. The molecule has 1 heterocycles. The third kappa shape index (κ3) is 3.43. The molecule has 1 aromatic carbocycles. The highest BCUT2D eigenvalue weighted by atomic mass is 16.6. The van der Waals surface area contributed by atoms with Gasteiger partial charge < -0.3 is 19.9 Å². The Morgan fingerprint density at radius 2 is 2.38 bits per heavy atom. The zero-order valence-electron chi connectivity index (χ0n) is 8.72. The number of ether oxygens (including phenoxy) is 3. The van der Waals surface area contributed by atoms with Crippen molar-refractivity contribution < 1.29 is 19.0 Å². The van der Waals surface area contributed by atoms with Crippen LogP contribution < -0.4 is 10.5 Å². The summed E-state index contributed by atoms with van der Waals surface area (Å²) in [4.78, 5) is 10.4. The first-order valence-electron chi connectivity index (χ1n) is 4.99. The number of hydrogen-bond donors (Lipinski definition) is 1. The van der Waals surface area contributed by atoms with E-state index >= 15 is 0 Å². The summed E-state index contributed by atoms with van der Waals surface area (Å²) in [6.07, 6.45) is -0.553. The fourth-order valence-corrected chi connectivity index (χ4v) is 1.23. The van der Waals surface area contributed by atoms with Gasteiger partial charge in [0.15, 0.2) is 0 Å². The number of amides is 1. The van der Waals surface area contributed by atoms with E-state index in [0.29, 0.717) is 6.61 Å². The second-order valence-corrected chi connectivity index (χ2v) is 3.52. The Morgan fingerprint density at radius 1 is 1.56 bits per heavy atom. The fourth-order valence-electron chi connectivity index (χ4n) is 1.23. The lowest BCUT2D eigenvalue weighted by molar-refractivity contribution is 0.150. The molecule has 0 spiro atoms. The molecule has 1 saturated heterocycles. The standard InChI is InChI=1S/C11H13NO4/c12-11(13)16-5-8-2-1-3-9(4-8)14-6-10-7-15-10/h1-4,10H,5-7H2,(H2,12,13). The Balaban J connectivity index is 1.87. The van der Waals surface area contributed by atoms with Gasteiger partial charge in [-0.3, -0.25) is 0 Å². The molecule has 2 rings (SSSR count). The van der Waals surface area contributed by atoms with Crippen molar-refractivity contribution in [3.05, 3.63) is 29.8 Å². The van der Waals surface area contributed by atoms with Gasteiger partial charge in [0.25, 0.3) is 0 Å². The zero-order valence-corrected chi connectivity index (χ0v) is 8.72. The van der Waals surface area contributed by atoms with Gasteiger partial charge in [0.2, 0.25) is 0 Å². The van der Waals surface area contributed by atoms with Gasteiger partial charge in [-0.1, -0.05) is 12.1 Å². The lowest BCUT2D eigenvalue weighted by atomic mass is 10.2. The molecule has 2 N–H and O–H groups in total. The Hall–Kier alpha value is -1.75. The van der Waals surface area contributed by atoms with Gasteiger partial charge in [-0.25, -0.2) is 4.79 Å². The summed E-state index contributed by atoms with van der Waals surface area (Å²) in [6, 6.07) is 7.33. The molecule has 1 atom stereocenters. The summed E-state index contributed by atoms with van der Waals surface area (Å²) in [5.41, 5.74) is 5.72. The van der Waals surface area contributed by atoms with Gasteiger partial charge in [0, 0.05) is 0 Å². The number of primary amides is 1. The summed E-state index contributed by atoms with van der Waals surface area (Å²) < 4.78 is 15.2. The third-order valence-electron chi connectivity index (χ3n) is 2.12. The summed E-state index contributed by atoms with van der Waals surface area (Å²) >= 11 is 0. The van der Waals surface area contributed by atoms with Gasteiger partial charge in [0.05, 0.1) is 6.61 Å². The van der Waals surface area contributed by atoms with E-state index in [9.17, 15) is 4.79 Å².